The van der Waals surface area contributed by atoms with Gasteiger partial charge in [0, 0.05) is 25.7 Å². The fourth-order valence-corrected chi connectivity index (χ4v) is 3.91. The number of hydrogen-bond donors (Lipinski definition) is 0. The molecule has 0 aromatic heterocycles. The second-order valence-corrected chi connectivity index (χ2v) is 7.77. The first-order chi connectivity index (χ1) is 13.9. The SMILES string of the molecule is c1ccc(COCC[C@@H]2C[C@H]2N(Cc2ccccc2)Cc2ccccc2)cc1. The Morgan fingerprint density at radius 3 is 1.71 bits per heavy atom. The summed E-state index contributed by atoms with van der Waals surface area (Å²) in [5.74, 6) is 0.753. The molecule has 2 nitrogen and oxygen atoms in total. The summed E-state index contributed by atoms with van der Waals surface area (Å²) < 4.78 is 5.92. The van der Waals surface area contributed by atoms with Crippen LogP contribution in [0.5, 0.6) is 0 Å². The van der Waals surface area contributed by atoms with Crippen LogP contribution < -0.4 is 0 Å². The molecule has 0 amide bonds. The molecule has 1 saturated carbocycles. The van der Waals surface area contributed by atoms with Crippen LogP contribution in [-0.2, 0) is 24.4 Å². The molecule has 0 saturated heterocycles. The number of ether oxygens (including phenoxy) is 1. The summed E-state index contributed by atoms with van der Waals surface area (Å²) in [5, 5.41) is 0. The molecule has 2 heteroatoms. The molecule has 0 unspecified atom stereocenters. The second-order valence-electron chi connectivity index (χ2n) is 7.77. The summed E-state index contributed by atoms with van der Waals surface area (Å²) in [6.07, 6.45) is 2.44. The molecule has 3 aromatic rings. The van der Waals surface area contributed by atoms with E-state index in [-0.39, 0.29) is 0 Å². The predicted octanol–water partition coefficient (Wildman–Crippen LogP) is 5.68. The van der Waals surface area contributed by atoms with Crippen LogP contribution in [0.1, 0.15) is 29.5 Å². The molecule has 3 aromatic carbocycles. The van der Waals surface area contributed by atoms with E-state index in [1.807, 2.05) is 6.07 Å². The quantitative estimate of drug-likeness (QED) is 0.425. The lowest BCUT2D eigenvalue weighted by atomic mass is 10.1. The summed E-state index contributed by atoms with van der Waals surface area (Å²) in [6, 6.07) is 32.8. The molecule has 0 spiro atoms. The average Bonchev–Trinajstić information content (AvgIpc) is 3.53. The van der Waals surface area contributed by atoms with Crippen LogP contribution in [-0.4, -0.2) is 17.5 Å². The van der Waals surface area contributed by atoms with Crippen molar-refractivity contribution in [1.82, 2.24) is 4.90 Å². The van der Waals surface area contributed by atoms with Gasteiger partial charge >= 0.3 is 0 Å². The highest BCUT2D eigenvalue weighted by molar-refractivity contribution is 5.18. The number of hydrogen-bond acceptors (Lipinski definition) is 2. The number of nitrogens with zero attached hydrogens (tertiary/aromatic N) is 1. The van der Waals surface area contributed by atoms with E-state index in [1.54, 1.807) is 0 Å². The Morgan fingerprint density at radius 1 is 0.679 bits per heavy atom. The van der Waals surface area contributed by atoms with Crippen LogP contribution >= 0.6 is 0 Å². The largest absolute Gasteiger partial charge is 0.377 e. The van der Waals surface area contributed by atoms with Crippen molar-refractivity contribution in [2.75, 3.05) is 6.61 Å². The molecule has 144 valence electrons. The fraction of sp³-hybridized carbons (Fsp3) is 0.308. The van der Waals surface area contributed by atoms with Gasteiger partial charge in [-0.2, -0.15) is 0 Å². The Bertz CT molecular complexity index is 777. The predicted molar refractivity (Wildman–Crippen MR) is 115 cm³/mol. The lowest BCUT2D eigenvalue weighted by Gasteiger charge is -2.23. The van der Waals surface area contributed by atoms with Crippen molar-refractivity contribution in [2.45, 2.75) is 38.6 Å². The highest BCUT2D eigenvalue weighted by Crippen LogP contribution is 2.40. The molecular formula is C26H29NO. The van der Waals surface area contributed by atoms with Crippen molar-refractivity contribution in [2.24, 2.45) is 5.92 Å². The first kappa shape index (κ1) is 18.9. The van der Waals surface area contributed by atoms with E-state index >= 15 is 0 Å². The zero-order valence-corrected chi connectivity index (χ0v) is 16.4. The lowest BCUT2D eigenvalue weighted by molar-refractivity contribution is 0.111. The first-order valence-corrected chi connectivity index (χ1v) is 10.3. The van der Waals surface area contributed by atoms with Crippen molar-refractivity contribution < 1.29 is 4.74 Å². The van der Waals surface area contributed by atoms with Crippen LogP contribution in [0.3, 0.4) is 0 Å². The van der Waals surface area contributed by atoms with Crippen molar-refractivity contribution in [3.05, 3.63) is 108 Å². The van der Waals surface area contributed by atoms with Crippen molar-refractivity contribution in [1.29, 1.82) is 0 Å². The molecule has 0 heterocycles. The minimum absolute atomic E-state index is 0.667. The third kappa shape index (κ3) is 5.54. The van der Waals surface area contributed by atoms with E-state index in [0.29, 0.717) is 6.04 Å². The highest BCUT2D eigenvalue weighted by Gasteiger charge is 2.40. The van der Waals surface area contributed by atoms with Gasteiger partial charge in [0.05, 0.1) is 6.61 Å². The van der Waals surface area contributed by atoms with Crippen LogP contribution in [0.15, 0.2) is 91.0 Å². The van der Waals surface area contributed by atoms with Gasteiger partial charge in [-0.1, -0.05) is 91.0 Å². The topological polar surface area (TPSA) is 12.5 Å². The summed E-state index contributed by atoms with van der Waals surface area (Å²) in [7, 11) is 0. The van der Waals surface area contributed by atoms with Crippen molar-refractivity contribution >= 4 is 0 Å². The molecule has 4 rings (SSSR count). The zero-order valence-electron chi connectivity index (χ0n) is 16.4. The minimum atomic E-state index is 0.667. The normalized spacial score (nSPS) is 18.3. The molecule has 0 aliphatic heterocycles. The first-order valence-electron chi connectivity index (χ1n) is 10.3. The molecule has 1 aliphatic rings. The molecular weight excluding hydrogens is 342 g/mol. The number of rotatable bonds is 10. The Labute approximate surface area is 168 Å². The summed E-state index contributed by atoms with van der Waals surface area (Å²) in [4.78, 5) is 2.65. The van der Waals surface area contributed by atoms with E-state index < -0.39 is 0 Å². The van der Waals surface area contributed by atoms with E-state index in [1.165, 1.54) is 23.1 Å². The lowest BCUT2D eigenvalue weighted by Crippen LogP contribution is -2.26. The molecule has 0 radical (unpaired) electrons. The Hall–Kier alpha value is -2.42. The maximum absolute atomic E-state index is 5.92. The molecule has 2 atom stereocenters. The third-order valence-electron chi connectivity index (χ3n) is 5.56. The van der Waals surface area contributed by atoms with Crippen molar-refractivity contribution in [3.8, 4) is 0 Å². The van der Waals surface area contributed by atoms with Gasteiger partial charge in [-0.05, 0) is 35.4 Å². The van der Waals surface area contributed by atoms with Crippen LogP contribution in [0, 0.1) is 5.92 Å². The monoisotopic (exact) mass is 371 g/mol. The second kappa shape index (κ2) is 9.68. The third-order valence-corrected chi connectivity index (χ3v) is 5.56. The summed E-state index contributed by atoms with van der Waals surface area (Å²) >= 11 is 0. The fourth-order valence-electron chi connectivity index (χ4n) is 3.91. The van der Waals surface area contributed by atoms with E-state index in [0.717, 1.165) is 38.6 Å². The molecule has 0 bridgehead atoms. The number of benzene rings is 3. The smallest absolute Gasteiger partial charge is 0.0716 e. The molecule has 1 fully saturated rings. The van der Waals surface area contributed by atoms with E-state index in [4.69, 9.17) is 4.74 Å². The van der Waals surface area contributed by atoms with Gasteiger partial charge in [0.15, 0.2) is 0 Å². The van der Waals surface area contributed by atoms with E-state index in [2.05, 4.69) is 89.8 Å². The Kier molecular flexibility index (Phi) is 6.54. The Balaban J connectivity index is 1.29. The zero-order chi connectivity index (χ0) is 19.0. The van der Waals surface area contributed by atoms with Gasteiger partial charge in [0.2, 0.25) is 0 Å². The average molecular weight is 372 g/mol. The van der Waals surface area contributed by atoms with Crippen LogP contribution in [0.25, 0.3) is 0 Å². The van der Waals surface area contributed by atoms with Gasteiger partial charge < -0.3 is 4.74 Å². The maximum atomic E-state index is 5.92. The van der Waals surface area contributed by atoms with Gasteiger partial charge in [0.25, 0.3) is 0 Å². The molecule has 0 N–H and O–H groups in total. The highest BCUT2D eigenvalue weighted by atomic mass is 16.5. The summed E-state index contributed by atoms with van der Waals surface area (Å²) in [6.45, 7) is 3.60. The Morgan fingerprint density at radius 2 is 1.18 bits per heavy atom. The van der Waals surface area contributed by atoms with E-state index in [9.17, 15) is 0 Å². The molecule has 1 aliphatic carbocycles. The van der Waals surface area contributed by atoms with Crippen molar-refractivity contribution in [3.63, 3.8) is 0 Å². The molecule has 28 heavy (non-hydrogen) atoms. The van der Waals surface area contributed by atoms with Gasteiger partial charge in [-0.3, -0.25) is 4.90 Å². The minimum Gasteiger partial charge on any atom is -0.377 e. The summed E-state index contributed by atoms with van der Waals surface area (Å²) in [5.41, 5.74) is 4.04. The van der Waals surface area contributed by atoms with Gasteiger partial charge in [-0.25, -0.2) is 0 Å². The van der Waals surface area contributed by atoms with Crippen LogP contribution in [0.2, 0.25) is 0 Å². The standard InChI is InChI=1S/C26H29NO/c1-4-10-22(11-5-1)19-27(20-23-12-6-2-7-13-23)26-18-25(26)16-17-28-21-24-14-8-3-9-15-24/h1-15,25-26H,16-21H2/t25-,26-/m1/s1. The van der Waals surface area contributed by atoms with Gasteiger partial charge in [-0.15, -0.1) is 0 Å². The maximum Gasteiger partial charge on any atom is 0.0716 e. The van der Waals surface area contributed by atoms with Gasteiger partial charge in [0.1, 0.15) is 0 Å². The van der Waals surface area contributed by atoms with Crippen LogP contribution in [0.4, 0.5) is 0 Å².